The molecule has 0 bridgehead atoms. The predicted octanol–water partition coefficient (Wildman–Crippen LogP) is 2.27. The van der Waals surface area contributed by atoms with Gasteiger partial charge in [0.25, 0.3) is 0 Å². The van der Waals surface area contributed by atoms with Gasteiger partial charge in [-0.05, 0) is 25.7 Å². The minimum atomic E-state index is 0.631. The van der Waals surface area contributed by atoms with Crippen molar-refractivity contribution in [1.82, 2.24) is 9.88 Å². The van der Waals surface area contributed by atoms with Crippen molar-refractivity contribution in [1.29, 1.82) is 0 Å². The van der Waals surface area contributed by atoms with Crippen LogP contribution in [-0.2, 0) is 6.54 Å². The summed E-state index contributed by atoms with van der Waals surface area (Å²) in [6.07, 6.45) is 7.64. The van der Waals surface area contributed by atoms with E-state index >= 15 is 0 Å². The van der Waals surface area contributed by atoms with Crippen LogP contribution in [0.2, 0.25) is 0 Å². The van der Waals surface area contributed by atoms with Gasteiger partial charge in [0.2, 0.25) is 0 Å². The van der Waals surface area contributed by atoms with Crippen LogP contribution in [0.4, 0.5) is 0 Å². The molecule has 1 aromatic rings. The van der Waals surface area contributed by atoms with E-state index in [4.69, 9.17) is 0 Å². The third-order valence-electron chi connectivity index (χ3n) is 3.61. The van der Waals surface area contributed by atoms with Gasteiger partial charge in [-0.15, -0.1) is 11.3 Å². The molecule has 1 saturated heterocycles. The van der Waals surface area contributed by atoms with E-state index in [1.165, 1.54) is 37.2 Å². The number of rotatable bonds is 2. The van der Waals surface area contributed by atoms with E-state index < -0.39 is 0 Å². The summed E-state index contributed by atoms with van der Waals surface area (Å²) in [4.78, 5) is 6.96. The summed E-state index contributed by atoms with van der Waals surface area (Å²) in [5.74, 6) is 0. The average molecular weight is 194 g/mol. The molecule has 1 aromatic heterocycles. The molecule has 1 aliphatic carbocycles. The van der Waals surface area contributed by atoms with E-state index in [-0.39, 0.29) is 0 Å². The van der Waals surface area contributed by atoms with Gasteiger partial charge >= 0.3 is 0 Å². The van der Waals surface area contributed by atoms with Crippen LogP contribution in [0.3, 0.4) is 0 Å². The van der Waals surface area contributed by atoms with Crippen LogP contribution in [0, 0.1) is 0 Å². The molecule has 70 valence electrons. The molecule has 1 aliphatic heterocycles. The Kier molecular flexibility index (Phi) is 1.70. The molecule has 2 fully saturated rings. The molecule has 2 heterocycles. The van der Waals surface area contributed by atoms with Gasteiger partial charge in [-0.3, -0.25) is 4.90 Å². The highest BCUT2D eigenvalue weighted by Gasteiger charge is 2.48. The highest BCUT2D eigenvalue weighted by molar-refractivity contribution is 7.09. The van der Waals surface area contributed by atoms with Gasteiger partial charge in [0, 0.05) is 23.7 Å². The second-order valence-corrected chi connectivity index (χ2v) is 5.15. The van der Waals surface area contributed by atoms with E-state index in [0.717, 1.165) is 6.54 Å². The Morgan fingerprint density at radius 3 is 2.85 bits per heavy atom. The van der Waals surface area contributed by atoms with E-state index in [2.05, 4.69) is 15.3 Å². The summed E-state index contributed by atoms with van der Waals surface area (Å²) in [7, 11) is 0. The van der Waals surface area contributed by atoms with Crippen LogP contribution < -0.4 is 0 Å². The molecule has 0 atom stereocenters. The van der Waals surface area contributed by atoms with Gasteiger partial charge in [-0.2, -0.15) is 0 Å². The van der Waals surface area contributed by atoms with Crippen molar-refractivity contribution in [3.05, 3.63) is 16.6 Å². The molecular formula is C10H14N2S. The summed E-state index contributed by atoms with van der Waals surface area (Å²) in [6.45, 7) is 2.39. The Morgan fingerprint density at radius 1 is 1.46 bits per heavy atom. The SMILES string of the molecule is c1csc(CN2CCC23CCC3)n1. The second-order valence-electron chi connectivity index (χ2n) is 4.18. The lowest BCUT2D eigenvalue weighted by molar-refractivity contribution is -0.0789. The molecule has 0 unspecified atom stereocenters. The maximum atomic E-state index is 4.34. The predicted molar refractivity (Wildman–Crippen MR) is 53.7 cm³/mol. The molecular weight excluding hydrogens is 180 g/mol. The third-order valence-corrected chi connectivity index (χ3v) is 4.38. The Labute approximate surface area is 82.6 Å². The van der Waals surface area contributed by atoms with Gasteiger partial charge in [0.15, 0.2) is 0 Å². The highest BCUT2D eigenvalue weighted by Crippen LogP contribution is 2.47. The van der Waals surface area contributed by atoms with Crippen molar-refractivity contribution < 1.29 is 0 Å². The summed E-state index contributed by atoms with van der Waals surface area (Å²) in [5.41, 5.74) is 0.631. The molecule has 1 spiro atoms. The zero-order valence-corrected chi connectivity index (χ0v) is 8.52. The number of hydrogen-bond donors (Lipinski definition) is 0. The number of aromatic nitrogens is 1. The van der Waals surface area contributed by atoms with Gasteiger partial charge in [0.05, 0.1) is 6.54 Å². The van der Waals surface area contributed by atoms with Crippen molar-refractivity contribution in [2.45, 2.75) is 37.8 Å². The largest absolute Gasteiger partial charge is 0.291 e. The van der Waals surface area contributed by atoms with Crippen molar-refractivity contribution in [3.8, 4) is 0 Å². The van der Waals surface area contributed by atoms with Gasteiger partial charge in [-0.1, -0.05) is 0 Å². The van der Waals surface area contributed by atoms with Crippen molar-refractivity contribution in [2.75, 3.05) is 6.54 Å². The fraction of sp³-hybridized carbons (Fsp3) is 0.700. The highest BCUT2D eigenvalue weighted by atomic mass is 32.1. The van der Waals surface area contributed by atoms with E-state index in [1.807, 2.05) is 6.20 Å². The zero-order chi connectivity index (χ0) is 8.73. The molecule has 3 heteroatoms. The second kappa shape index (κ2) is 2.79. The summed E-state index contributed by atoms with van der Waals surface area (Å²) in [6, 6.07) is 0. The number of hydrogen-bond acceptors (Lipinski definition) is 3. The molecule has 3 rings (SSSR count). The Balaban J connectivity index is 1.67. The van der Waals surface area contributed by atoms with E-state index in [1.54, 1.807) is 11.3 Å². The van der Waals surface area contributed by atoms with E-state index in [0.29, 0.717) is 5.54 Å². The first-order valence-corrected chi connectivity index (χ1v) is 5.90. The molecule has 0 N–H and O–H groups in total. The molecule has 0 radical (unpaired) electrons. The summed E-state index contributed by atoms with van der Waals surface area (Å²) in [5, 5.41) is 3.36. The normalized spacial score (nSPS) is 25.5. The lowest BCUT2D eigenvalue weighted by Crippen LogP contribution is -2.62. The van der Waals surface area contributed by atoms with Gasteiger partial charge in [0.1, 0.15) is 5.01 Å². The molecule has 2 aliphatic rings. The Bertz CT molecular complexity index is 284. The van der Waals surface area contributed by atoms with Crippen molar-refractivity contribution >= 4 is 11.3 Å². The Hall–Kier alpha value is -0.410. The van der Waals surface area contributed by atoms with Gasteiger partial charge < -0.3 is 0 Å². The topological polar surface area (TPSA) is 16.1 Å². The smallest absolute Gasteiger partial charge is 0.107 e. The standard InChI is InChI=1S/C10H14N2S/c1-2-10(3-1)4-6-12(10)8-9-11-5-7-13-9/h5,7H,1-4,6,8H2. The molecule has 1 saturated carbocycles. The monoisotopic (exact) mass is 194 g/mol. The number of thiazole rings is 1. The number of nitrogens with zero attached hydrogens (tertiary/aromatic N) is 2. The maximum Gasteiger partial charge on any atom is 0.107 e. The lowest BCUT2D eigenvalue weighted by atomic mass is 9.68. The van der Waals surface area contributed by atoms with Gasteiger partial charge in [-0.25, -0.2) is 4.98 Å². The Morgan fingerprint density at radius 2 is 2.38 bits per heavy atom. The molecule has 13 heavy (non-hydrogen) atoms. The summed E-state index contributed by atoms with van der Waals surface area (Å²) < 4.78 is 0. The quantitative estimate of drug-likeness (QED) is 0.718. The molecule has 0 amide bonds. The van der Waals surface area contributed by atoms with E-state index in [9.17, 15) is 0 Å². The number of likely N-dealkylation sites (tertiary alicyclic amines) is 1. The van der Waals surface area contributed by atoms with Crippen LogP contribution in [-0.4, -0.2) is 22.0 Å². The van der Waals surface area contributed by atoms with Crippen LogP contribution >= 0.6 is 11.3 Å². The first-order chi connectivity index (χ1) is 6.39. The molecule has 0 aromatic carbocycles. The first-order valence-electron chi connectivity index (χ1n) is 5.03. The average Bonchev–Trinajstić information content (AvgIpc) is 2.47. The first kappa shape index (κ1) is 7.94. The lowest BCUT2D eigenvalue weighted by Gasteiger charge is -2.58. The van der Waals surface area contributed by atoms with Crippen LogP contribution in [0.5, 0.6) is 0 Å². The minimum absolute atomic E-state index is 0.631. The van der Waals surface area contributed by atoms with Crippen LogP contribution in [0.25, 0.3) is 0 Å². The maximum absolute atomic E-state index is 4.34. The minimum Gasteiger partial charge on any atom is -0.291 e. The van der Waals surface area contributed by atoms with Crippen molar-refractivity contribution in [2.24, 2.45) is 0 Å². The third kappa shape index (κ3) is 1.14. The zero-order valence-electron chi connectivity index (χ0n) is 7.70. The fourth-order valence-corrected chi connectivity index (χ4v) is 3.11. The van der Waals surface area contributed by atoms with Crippen molar-refractivity contribution in [3.63, 3.8) is 0 Å². The fourth-order valence-electron chi connectivity index (χ4n) is 2.48. The molecule has 2 nitrogen and oxygen atoms in total. The van der Waals surface area contributed by atoms with Crippen LogP contribution in [0.15, 0.2) is 11.6 Å². The summed E-state index contributed by atoms with van der Waals surface area (Å²) >= 11 is 1.78. The van der Waals surface area contributed by atoms with Crippen LogP contribution in [0.1, 0.15) is 30.7 Å².